The van der Waals surface area contributed by atoms with E-state index in [1.165, 1.54) is 5.56 Å². The minimum absolute atomic E-state index is 0.431. The fraction of sp³-hybridized carbons (Fsp3) is 0.348. The third kappa shape index (κ3) is 4.29. The lowest BCUT2D eigenvalue weighted by atomic mass is 10.1. The number of benzene rings is 1. The molecule has 30 heavy (non-hydrogen) atoms. The maximum absolute atomic E-state index is 11.6. The van der Waals surface area contributed by atoms with Crippen LogP contribution in [0.5, 0.6) is 0 Å². The second-order valence-corrected chi connectivity index (χ2v) is 7.71. The van der Waals surface area contributed by atoms with Gasteiger partial charge in [0.25, 0.3) is 5.91 Å². The van der Waals surface area contributed by atoms with Crippen molar-refractivity contribution in [1.29, 1.82) is 5.26 Å². The molecule has 1 aromatic carbocycles. The first kappa shape index (κ1) is 19.9. The summed E-state index contributed by atoms with van der Waals surface area (Å²) in [6.45, 7) is 4.65. The number of amides is 1. The number of carbonyl (C=O) groups is 1. The monoisotopic (exact) mass is 402 g/mol. The molecule has 0 aliphatic carbocycles. The number of hydrogen-bond acceptors (Lipinski definition) is 5. The lowest BCUT2D eigenvalue weighted by molar-refractivity contribution is 0.1000. The van der Waals surface area contributed by atoms with Crippen molar-refractivity contribution in [2.24, 2.45) is 5.73 Å². The number of piperazine rings is 1. The summed E-state index contributed by atoms with van der Waals surface area (Å²) in [5.41, 5.74) is 9.05. The summed E-state index contributed by atoms with van der Waals surface area (Å²) in [7, 11) is 0. The SMILES string of the molecule is N#Cc1ccc2[nH]cc(CCCCN3CCN(c4ncccc4C(N)=O)CC3)c2c1. The van der Waals surface area contributed by atoms with E-state index < -0.39 is 5.91 Å². The molecule has 4 rings (SSSR count). The number of anilines is 1. The zero-order valence-corrected chi connectivity index (χ0v) is 17.0. The highest BCUT2D eigenvalue weighted by Crippen LogP contribution is 2.22. The van der Waals surface area contributed by atoms with Crippen LogP contribution in [0.15, 0.2) is 42.7 Å². The number of rotatable bonds is 7. The van der Waals surface area contributed by atoms with E-state index in [-0.39, 0.29) is 0 Å². The Morgan fingerprint density at radius 3 is 2.80 bits per heavy atom. The van der Waals surface area contributed by atoms with E-state index in [0.717, 1.165) is 62.9 Å². The van der Waals surface area contributed by atoms with Crippen LogP contribution in [0.25, 0.3) is 10.9 Å². The van der Waals surface area contributed by atoms with E-state index in [0.29, 0.717) is 16.9 Å². The standard InChI is InChI=1S/C23H26N6O/c24-15-17-6-7-21-20(14-17)18(16-27-21)4-1-2-9-28-10-12-29(13-11-28)23-19(22(25)30)5-3-8-26-23/h3,5-8,14,16,27H,1-2,4,9-13H2,(H2,25,30). The van der Waals surface area contributed by atoms with Crippen molar-refractivity contribution in [2.45, 2.75) is 19.3 Å². The second kappa shape index (κ2) is 8.97. The van der Waals surface area contributed by atoms with Gasteiger partial charge in [0.2, 0.25) is 0 Å². The van der Waals surface area contributed by atoms with Gasteiger partial charge in [-0.2, -0.15) is 5.26 Å². The smallest absolute Gasteiger partial charge is 0.252 e. The topological polar surface area (TPSA) is 102 Å². The number of aromatic nitrogens is 2. The lowest BCUT2D eigenvalue weighted by Crippen LogP contribution is -2.47. The number of unbranched alkanes of at least 4 members (excludes halogenated alkanes) is 1. The number of aromatic amines is 1. The number of nitrogens with one attached hydrogen (secondary N) is 1. The first-order valence-electron chi connectivity index (χ1n) is 10.4. The quantitative estimate of drug-likeness (QED) is 0.592. The number of aryl methyl sites for hydroxylation is 1. The molecule has 0 spiro atoms. The molecular formula is C23H26N6O. The zero-order valence-electron chi connectivity index (χ0n) is 17.0. The van der Waals surface area contributed by atoms with Crippen LogP contribution in [0.2, 0.25) is 0 Å². The maximum atomic E-state index is 11.6. The highest BCUT2D eigenvalue weighted by Gasteiger charge is 2.21. The molecule has 0 bridgehead atoms. The van der Waals surface area contributed by atoms with Gasteiger partial charge in [-0.05, 0) is 61.7 Å². The van der Waals surface area contributed by atoms with Gasteiger partial charge in [0.1, 0.15) is 5.82 Å². The van der Waals surface area contributed by atoms with Crippen LogP contribution in [0.3, 0.4) is 0 Å². The van der Waals surface area contributed by atoms with E-state index >= 15 is 0 Å². The van der Waals surface area contributed by atoms with Crippen LogP contribution in [0.1, 0.15) is 34.3 Å². The number of hydrogen-bond donors (Lipinski definition) is 2. The average molecular weight is 403 g/mol. The second-order valence-electron chi connectivity index (χ2n) is 7.71. The fourth-order valence-electron chi connectivity index (χ4n) is 4.13. The molecule has 1 aliphatic heterocycles. The molecule has 1 aliphatic rings. The average Bonchev–Trinajstić information content (AvgIpc) is 3.19. The van der Waals surface area contributed by atoms with E-state index in [1.807, 2.05) is 18.2 Å². The van der Waals surface area contributed by atoms with Crippen molar-refractivity contribution >= 4 is 22.6 Å². The highest BCUT2D eigenvalue weighted by atomic mass is 16.1. The lowest BCUT2D eigenvalue weighted by Gasteiger charge is -2.36. The molecular weight excluding hydrogens is 376 g/mol. The Morgan fingerprint density at radius 2 is 2.03 bits per heavy atom. The molecule has 0 radical (unpaired) electrons. The molecule has 3 heterocycles. The molecule has 0 unspecified atom stereocenters. The van der Waals surface area contributed by atoms with Gasteiger partial charge in [-0.25, -0.2) is 4.98 Å². The van der Waals surface area contributed by atoms with Crippen LogP contribution >= 0.6 is 0 Å². The first-order chi connectivity index (χ1) is 14.7. The molecule has 3 N–H and O–H groups in total. The molecule has 1 saturated heterocycles. The Hall–Kier alpha value is -3.37. The fourth-order valence-corrected chi connectivity index (χ4v) is 4.13. The molecule has 7 nitrogen and oxygen atoms in total. The molecule has 1 fully saturated rings. The Bertz CT molecular complexity index is 1070. The van der Waals surface area contributed by atoms with E-state index in [4.69, 9.17) is 11.0 Å². The summed E-state index contributed by atoms with van der Waals surface area (Å²) in [4.78, 5) is 23.9. The number of fused-ring (bicyclic) bond motifs is 1. The molecule has 0 atom stereocenters. The zero-order chi connectivity index (χ0) is 20.9. The van der Waals surface area contributed by atoms with E-state index in [9.17, 15) is 4.79 Å². The molecule has 3 aromatic rings. The van der Waals surface area contributed by atoms with Crippen molar-refractivity contribution < 1.29 is 4.79 Å². The van der Waals surface area contributed by atoms with Crippen molar-refractivity contribution in [3.63, 3.8) is 0 Å². The Morgan fingerprint density at radius 1 is 1.20 bits per heavy atom. The number of carbonyl (C=O) groups excluding carboxylic acids is 1. The third-order valence-electron chi connectivity index (χ3n) is 5.79. The Balaban J connectivity index is 1.25. The Kier molecular flexibility index (Phi) is 5.96. The van der Waals surface area contributed by atoms with Crippen LogP contribution in [0, 0.1) is 11.3 Å². The van der Waals surface area contributed by atoms with Crippen molar-refractivity contribution in [3.8, 4) is 6.07 Å². The van der Waals surface area contributed by atoms with E-state index in [1.54, 1.807) is 18.3 Å². The van der Waals surface area contributed by atoms with E-state index in [2.05, 4.69) is 32.0 Å². The van der Waals surface area contributed by atoms with Crippen LogP contribution in [-0.2, 0) is 6.42 Å². The minimum Gasteiger partial charge on any atom is -0.365 e. The summed E-state index contributed by atoms with van der Waals surface area (Å²) in [6, 6.07) is 11.5. The van der Waals surface area contributed by atoms with Gasteiger partial charge in [-0.15, -0.1) is 0 Å². The number of pyridine rings is 1. The predicted molar refractivity (Wildman–Crippen MR) is 117 cm³/mol. The number of primary amides is 1. The van der Waals surface area contributed by atoms with Crippen LogP contribution < -0.4 is 10.6 Å². The summed E-state index contributed by atoms with van der Waals surface area (Å²) in [5.74, 6) is 0.264. The first-order valence-corrected chi connectivity index (χ1v) is 10.4. The minimum atomic E-state index is -0.431. The third-order valence-corrected chi connectivity index (χ3v) is 5.79. The number of H-pyrrole nitrogens is 1. The normalized spacial score (nSPS) is 14.7. The van der Waals surface area contributed by atoms with Gasteiger partial charge in [-0.3, -0.25) is 9.69 Å². The number of nitrogens with zero attached hydrogens (tertiary/aromatic N) is 4. The summed E-state index contributed by atoms with van der Waals surface area (Å²) >= 11 is 0. The number of nitriles is 1. The van der Waals surface area contributed by atoms with Gasteiger partial charge >= 0.3 is 0 Å². The highest BCUT2D eigenvalue weighted by molar-refractivity contribution is 5.97. The molecule has 1 amide bonds. The maximum Gasteiger partial charge on any atom is 0.252 e. The van der Waals surface area contributed by atoms with Crippen molar-refractivity contribution in [2.75, 3.05) is 37.6 Å². The van der Waals surface area contributed by atoms with Gasteiger partial charge in [0, 0.05) is 49.5 Å². The summed E-state index contributed by atoms with van der Waals surface area (Å²) < 4.78 is 0. The summed E-state index contributed by atoms with van der Waals surface area (Å²) in [5, 5.41) is 10.3. The number of nitrogens with two attached hydrogens (primary N) is 1. The predicted octanol–water partition coefficient (Wildman–Crippen LogP) is 2.68. The molecule has 7 heteroatoms. The Labute approximate surface area is 176 Å². The van der Waals surface area contributed by atoms with Crippen LogP contribution in [0.4, 0.5) is 5.82 Å². The van der Waals surface area contributed by atoms with Gasteiger partial charge < -0.3 is 15.6 Å². The van der Waals surface area contributed by atoms with Gasteiger partial charge in [-0.1, -0.05) is 0 Å². The molecule has 2 aromatic heterocycles. The van der Waals surface area contributed by atoms with Gasteiger partial charge in [0.05, 0.1) is 17.2 Å². The van der Waals surface area contributed by atoms with Crippen molar-refractivity contribution in [3.05, 3.63) is 59.4 Å². The van der Waals surface area contributed by atoms with Crippen molar-refractivity contribution in [1.82, 2.24) is 14.9 Å². The molecule has 0 saturated carbocycles. The largest absolute Gasteiger partial charge is 0.365 e. The van der Waals surface area contributed by atoms with Crippen LogP contribution in [-0.4, -0.2) is 53.5 Å². The van der Waals surface area contributed by atoms with Gasteiger partial charge in [0.15, 0.2) is 0 Å². The molecule has 154 valence electrons. The summed E-state index contributed by atoms with van der Waals surface area (Å²) in [6.07, 6.45) is 7.01.